The van der Waals surface area contributed by atoms with Gasteiger partial charge in [-0.1, -0.05) is 5.16 Å². The first-order valence-corrected chi connectivity index (χ1v) is 4.08. The summed E-state index contributed by atoms with van der Waals surface area (Å²) in [6.07, 6.45) is -4.65. The summed E-state index contributed by atoms with van der Waals surface area (Å²) < 4.78 is 41.6. The molecule has 0 amide bonds. The van der Waals surface area contributed by atoms with E-state index >= 15 is 0 Å². The normalized spacial score (nSPS) is 16.4. The third kappa shape index (κ3) is 2.26. The van der Waals surface area contributed by atoms with Crippen LogP contribution in [0.15, 0.2) is 4.52 Å². The van der Waals surface area contributed by atoms with Gasteiger partial charge in [0.1, 0.15) is 0 Å². The molecule has 0 fully saturated rings. The maximum absolute atomic E-state index is 12.4. The number of rotatable bonds is 3. The van der Waals surface area contributed by atoms with Gasteiger partial charge in [-0.05, 0) is 6.92 Å². The van der Waals surface area contributed by atoms with Crippen molar-refractivity contribution in [2.24, 2.45) is 5.73 Å². The number of aliphatic hydroxyl groups is 1. The van der Waals surface area contributed by atoms with E-state index in [2.05, 4.69) is 14.7 Å². The van der Waals surface area contributed by atoms with E-state index in [-0.39, 0.29) is 18.9 Å². The molecule has 1 heterocycles. The third-order valence-corrected chi connectivity index (χ3v) is 1.84. The van der Waals surface area contributed by atoms with Gasteiger partial charge in [0.15, 0.2) is 11.4 Å². The first-order chi connectivity index (χ1) is 6.79. The molecule has 0 saturated carbocycles. The van der Waals surface area contributed by atoms with Crippen molar-refractivity contribution in [3.05, 3.63) is 11.7 Å². The molecule has 0 aliphatic heterocycles. The Morgan fingerprint density at radius 1 is 1.47 bits per heavy atom. The number of hydrogen-bond donors (Lipinski definition) is 2. The number of halogens is 3. The fourth-order valence-electron chi connectivity index (χ4n) is 0.788. The molecule has 1 unspecified atom stereocenters. The molecule has 1 aromatic rings. The van der Waals surface area contributed by atoms with Gasteiger partial charge in [-0.15, -0.1) is 0 Å². The Balaban J connectivity index is 2.95. The van der Waals surface area contributed by atoms with Crippen molar-refractivity contribution >= 4 is 0 Å². The monoisotopic (exact) mass is 225 g/mol. The average molecular weight is 225 g/mol. The van der Waals surface area contributed by atoms with Gasteiger partial charge < -0.3 is 15.4 Å². The van der Waals surface area contributed by atoms with Crippen LogP contribution in [-0.4, -0.2) is 28.0 Å². The van der Waals surface area contributed by atoms with Crippen LogP contribution < -0.4 is 5.73 Å². The van der Waals surface area contributed by atoms with Gasteiger partial charge in [0.2, 0.25) is 0 Å². The molecular weight excluding hydrogens is 215 g/mol. The Bertz CT molecular complexity index is 334. The second-order valence-electron chi connectivity index (χ2n) is 3.19. The van der Waals surface area contributed by atoms with Gasteiger partial charge in [-0.25, -0.2) is 0 Å². The van der Waals surface area contributed by atoms with E-state index in [0.717, 1.165) is 6.92 Å². The molecule has 15 heavy (non-hydrogen) atoms. The predicted octanol–water partition coefficient (Wildman–Crippen LogP) is 0.341. The second kappa shape index (κ2) is 3.78. The van der Waals surface area contributed by atoms with E-state index in [1.165, 1.54) is 0 Å². The molecule has 1 rings (SSSR count). The Morgan fingerprint density at radius 3 is 2.53 bits per heavy atom. The highest BCUT2D eigenvalue weighted by molar-refractivity contribution is 5.04. The fraction of sp³-hybridized carbons (Fsp3) is 0.714. The quantitative estimate of drug-likeness (QED) is 0.774. The highest BCUT2D eigenvalue weighted by Crippen LogP contribution is 2.35. The van der Waals surface area contributed by atoms with Crippen LogP contribution in [0.5, 0.6) is 0 Å². The van der Waals surface area contributed by atoms with E-state index in [9.17, 15) is 13.2 Å². The molecule has 1 aromatic heterocycles. The van der Waals surface area contributed by atoms with Crippen molar-refractivity contribution in [3.63, 3.8) is 0 Å². The van der Waals surface area contributed by atoms with Crippen LogP contribution in [0.1, 0.15) is 18.6 Å². The molecule has 0 saturated heterocycles. The molecule has 8 heteroatoms. The van der Waals surface area contributed by atoms with Crippen LogP contribution in [0.25, 0.3) is 0 Å². The summed E-state index contributed by atoms with van der Waals surface area (Å²) >= 11 is 0. The van der Waals surface area contributed by atoms with Gasteiger partial charge in [0, 0.05) is 6.42 Å². The summed E-state index contributed by atoms with van der Waals surface area (Å²) in [7, 11) is 0. The standard InChI is InChI=1S/C7H10F3N3O2/c1-6(11,7(8,9)10)5-12-4(2-3-14)13-15-5/h14H,2-3,11H2,1H3. The van der Waals surface area contributed by atoms with Crippen LogP contribution in [0.4, 0.5) is 13.2 Å². The maximum atomic E-state index is 12.4. The van der Waals surface area contributed by atoms with Gasteiger partial charge in [-0.2, -0.15) is 18.2 Å². The van der Waals surface area contributed by atoms with Gasteiger partial charge >= 0.3 is 6.18 Å². The summed E-state index contributed by atoms with van der Waals surface area (Å²) in [5.74, 6) is -0.716. The summed E-state index contributed by atoms with van der Waals surface area (Å²) in [6.45, 7) is 0.468. The number of alkyl halides is 3. The summed E-state index contributed by atoms with van der Waals surface area (Å²) in [6, 6.07) is 0. The smallest absolute Gasteiger partial charge is 0.396 e. The topological polar surface area (TPSA) is 85.2 Å². The average Bonchev–Trinajstić information content (AvgIpc) is 2.51. The first kappa shape index (κ1) is 11.9. The molecule has 1 atom stereocenters. The van der Waals surface area contributed by atoms with Gasteiger partial charge in [0.25, 0.3) is 5.89 Å². The van der Waals surface area contributed by atoms with Crippen molar-refractivity contribution in [3.8, 4) is 0 Å². The third-order valence-electron chi connectivity index (χ3n) is 1.84. The Kier molecular flexibility index (Phi) is 3.00. The SMILES string of the molecule is CC(N)(c1nc(CCO)no1)C(F)(F)F. The lowest BCUT2D eigenvalue weighted by Gasteiger charge is -2.22. The van der Waals surface area contributed by atoms with Crippen molar-refractivity contribution in [2.45, 2.75) is 25.1 Å². The number of nitrogens with two attached hydrogens (primary N) is 1. The lowest BCUT2D eigenvalue weighted by atomic mass is 10.0. The number of nitrogens with zero attached hydrogens (tertiary/aromatic N) is 2. The van der Waals surface area contributed by atoms with Crippen LogP contribution in [0.2, 0.25) is 0 Å². The molecule has 0 spiro atoms. The zero-order chi connectivity index (χ0) is 11.7. The second-order valence-corrected chi connectivity index (χ2v) is 3.19. The summed E-state index contributed by atoms with van der Waals surface area (Å²) in [4.78, 5) is 3.46. The predicted molar refractivity (Wildman–Crippen MR) is 42.7 cm³/mol. The van der Waals surface area contributed by atoms with Crippen molar-refractivity contribution in [2.75, 3.05) is 6.61 Å². The van der Waals surface area contributed by atoms with Gasteiger partial charge in [0.05, 0.1) is 6.61 Å². The Hall–Kier alpha value is -1.15. The molecule has 0 aromatic carbocycles. The van der Waals surface area contributed by atoms with Crippen LogP contribution in [0, 0.1) is 0 Å². The maximum Gasteiger partial charge on any atom is 0.415 e. The van der Waals surface area contributed by atoms with E-state index in [4.69, 9.17) is 10.8 Å². The minimum Gasteiger partial charge on any atom is -0.396 e. The Morgan fingerprint density at radius 2 is 2.07 bits per heavy atom. The Labute approximate surface area is 83.1 Å². The molecule has 3 N–H and O–H groups in total. The number of hydrogen-bond acceptors (Lipinski definition) is 5. The zero-order valence-corrected chi connectivity index (χ0v) is 7.88. The fourth-order valence-corrected chi connectivity index (χ4v) is 0.788. The summed E-state index contributed by atoms with van der Waals surface area (Å²) in [5, 5.41) is 11.8. The van der Waals surface area contributed by atoms with E-state index in [1.807, 2.05) is 0 Å². The molecule has 0 radical (unpaired) electrons. The molecule has 0 aliphatic carbocycles. The lowest BCUT2D eigenvalue weighted by Crippen LogP contribution is -2.48. The van der Waals surface area contributed by atoms with Gasteiger partial charge in [-0.3, -0.25) is 0 Å². The van der Waals surface area contributed by atoms with Crippen molar-refractivity contribution < 1.29 is 22.8 Å². The summed E-state index contributed by atoms with van der Waals surface area (Å²) in [5.41, 5.74) is 2.37. The largest absolute Gasteiger partial charge is 0.415 e. The number of aliphatic hydroxyl groups excluding tert-OH is 1. The molecule has 0 bridgehead atoms. The minimum absolute atomic E-state index is 0.00609. The van der Waals surface area contributed by atoms with Crippen LogP contribution in [-0.2, 0) is 12.0 Å². The molecule has 86 valence electrons. The van der Waals surface area contributed by atoms with E-state index in [0.29, 0.717) is 0 Å². The first-order valence-electron chi connectivity index (χ1n) is 4.08. The number of aromatic nitrogens is 2. The van der Waals surface area contributed by atoms with E-state index in [1.54, 1.807) is 0 Å². The zero-order valence-electron chi connectivity index (χ0n) is 7.88. The van der Waals surface area contributed by atoms with Crippen LogP contribution in [0.3, 0.4) is 0 Å². The highest BCUT2D eigenvalue weighted by Gasteiger charge is 2.53. The van der Waals surface area contributed by atoms with Crippen molar-refractivity contribution in [1.82, 2.24) is 10.1 Å². The molecule has 0 aliphatic rings. The van der Waals surface area contributed by atoms with Crippen LogP contribution >= 0.6 is 0 Å². The lowest BCUT2D eigenvalue weighted by molar-refractivity contribution is -0.190. The highest BCUT2D eigenvalue weighted by atomic mass is 19.4. The van der Waals surface area contributed by atoms with E-state index < -0.39 is 17.6 Å². The minimum atomic E-state index is -4.67. The molecular formula is C7H10F3N3O2. The molecule has 5 nitrogen and oxygen atoms in total. The van der Waals surface area contributed by atoms with Crippen molar-refractivity contribution in [1.29, 1.82) is 0 Å².